The molecule has 118 valence electrons. The molecule has 2 rings (SSSR count). The summed E-state index contributed by atoms with van der Waals surface area (Å²) in [4.78, 5) is 12.0. The normalized spacial score (nSPS) is 10.7. The van der Waals surface area contributed by atoms with Gasteiger partial charge in [-0.05, 0) is 60.3 Å². The molecule has 1 amide bonds. The van der Waals surface area contributed by atoms with Gasteiger partial charge in [0.2, 0.25) is 0 Å². The Morgan fingerprint density at radius 2 is 1.95 bits per heavy atom. The molecule has 0 radical (unpaired) electrons. The highest BCUT2D eigenvalue weighted by molar-refractivity contribution is 9.10. The number of aryl methyl sites for hydroxylation is 3. The number of halogens is 1. The molecule has 0 fully saturated rings. The molecule has 1 aromatic heterocycles. The third-order valence-electron chi connectivity index (χ3n) is 3.75. The van der Waals surface area contributed by atoms with E-state index in [9.17, 15) is 4.79 Å². The Kier molecular flexibility index (Phi) is 5.77. The van der Waals surface area contributed by atoms with Crippen LogP contribution in [0.4, 0.5) is 0 Å². The second-order valence-corrected chi connectivity index (χ2v) is 6.16. The molecule has 0 aliphatic rings. The van der Waals surface area contributed by atoms with Crippen molar-refractivity contribution in [1.29, 1.82) is 0 Å². The van der Waals surface area contributed by atoms with Crippen molar-refractivity contribution in [2.45, 2.75) is 40.2 Å². The van der Waals surface area contributed by atoms with Gasteiger partial charge in [0.25, 0.3) is 5.91 Å². The molecule has 0 aliphatic carbocycles. The fraction of sp³-hybridized carbons (Fsp3) is 0.412. The lowest BCUT2D eigenvalue weighted by Crippen LogP contribution is -2.25. The molecule has 1 aromatic carbocycles. The van der Waals surface area contributed by atoms with Crippen LogP contribution >= 0.6 is 15.9 Å². The minimum Gasteiger partial charge on any atom is -0.352 e. The molecule has 0 spiro atoms. The van der Waals surface area contributed by atoms with Crippen LogP contribution in [0.25, 0.3) is 0 Å². The summed E-state index contributed by atoms with van der Waals surface area (Å²) in [5.41, 5.74) is 4.08. The average molecular weight is 364 g/mol. The summed E-state index contributed by atoms with van der Waals surface area (Å²) >= 11 is 3.52. The van der Waals surface area contributed by atoms with E-state index in [1.807, 2.05) is 42.8 Å². The van der Waals surface area contributed by atoms with Gasteiger partial charge in [-0.1, -0.05) is 19.1 Å². The molecule has 0 saturated carbocycles. The number of carbonyl (C=O) groups excluding carboxylic acids is 1. The van der Waals surface area contributed by atoms with Crippen molar-refractivity contribution in [1.82, 2.24) is 15.1 Å². The van der Waals surface area contributed by atoms with Crippen LogP contribution in [0, 0.1) is 13.8 Å². The zero-order chi connectivity index (χ0) is 16.1. The molecule has 2 aromatic rings. The van der Waals surface area contributed by atoms with E-state index in [0.29, 0.717) is 12.1 Å². The first-order valence-electron chi connectivity index (χ1n) is 7.59. The first kappa shape index (κ1) is 16.7. The van der Waals surface area contributed by atoms with Crippen molar-refractivity contribution in [2.75, 3.05) is 6.54 Å². The predicted octanol–water partition coefficient (Wildman–Crippen LogP) is 3.64. The fourth-order valence-corrected chi connectivity index (χ4v) is 2.60. The molecule has 22 heavy (non-hydrogen) atoms. The maximum atomic E-state index is 12.0. The molecule has 0 bridgehead atoms. The summed E-state index contributed by atoms with van der Waals surface area (Å²) in [6.07, 6.45) is 1.84. The van der Waals surface area contributed by atoms with E-state index in [-0.39, 0.29) is 5.91 Å². The van der Waals surface area contributed by atoms with E-state index < -0.39 is 0 Å². The monoisotopic (exact) mass is 363 g/mol. The standard InChI is InChI=1S/C17H22BrN3O/c1-4-14-6-8-15(9-7-14)17(22)19-10-5-11-21-13(3)16(18)12(2)20-21/h6-9H,4-5,10-11H2,1-3H3,(H,19,22). The predicted molar refractivity (Wildman–Crippen MR) is 92.2 cm³/mol. The number of aromatic nitrogens is 2. The van der Waals surface area contributed by atoms with Gasteiger partial charge in [0, 0.05) is 24.3 Å². The van der Waals surface area contributed by atoms with Crippen LogP contribution in [0.2, 0.25) is 0 Å². The maximum absolute atomic E-state index is 12.0. The average Bonchev–Trinajstić information content (AvgIpc) is 2.78. The van der Waals surface area contributed by atoms with Crippen LogP contribution in [0.15, 0.2) is 28.7 Å². The summed E-state index contributed by atoms with van der Waals surface area (Å²) in [6.45, 7) is 7.57. The molecule has 0 atom stereocenters. The highest BCUT2D eigenvalue weighted by Gasteiger charge is 2.08. The molecule has 0 aliphatic heterocycles. The zero-order valence-corrected chi connectivity index (χ0v) is 14.9. The summed E-state index contributed by atoms with van der Waals surface area (Å²) in [5, 5.41) is 7.42. The highest BCUT2D eigenvalue weighted by atomic mass is 79.9. The van der Waals surface area contributed by atoms with E-state index in [1.54, 1.807) is 0 Å². The van der Waals surface area contributed by atoms with Gasteiger partial charge in [0.1, 0.15) is 0 Å². The van der Waals surface area contributed by atoms with Crippen LogP contribution in [-0.2, 0) is 13.0 Å². The van der Waals surface area contributed by atoms with Gasteiger partial charge >= 0.3 is 0 Å². The van der Waals surface area contributed by atoms with Crippen molar-refractivity contribution in [3.63, 3.8) is 0 Å². The fourth-order valence-electron chi connectivity index (χ4n) is 2.32. The Hall–Kier alpha value is -1.62. The number of carbonyl (C=O) groups is 1. The van der Waals surface area contributed by atoms with Crippen LogP contribution in [0.3, 0.4) is 0 Å². The van der Waals surface area contributed by atoms with E-state index in [4.69, 9.17) is 0 Å². The van der Waals surface area contributed by atoms with Gasteiger partial charge in [0.15, 0.2) is 0 Å². The Morgan fingerprint density at radius 1 is 1.27 bits per heavy atom. The Morgan fingerprint density at radius 3 is 2.50 bits per heavy atom. The third-order valence-corrected chi connectivity index (χ3v) is 4.90. The number of hydrogen-bond acceptors (Lipinski definition) is 2. The zero-order valence-electron chi connectivity index (χ0n) is 13.3. The van der Waals surface area contributed by atoms with Gasteiger partial charge in [-0.25, -0.2) is 0 Å². The lowest BCUT2D eigenvalue weighted by molar-refractivity contribution is 0.0952. The highest BCUT2D eigenvalue weighted by Crippen LogP contribution is 2.19. The van der Waals surface area contributed by atoms with Gasteiger partial charge < -0.3 is 5.32 Å². The smallest absolute Gasteiger partial charge is 0.251 e. The van der Waals surface area contributed by atoms with Crippen molar-refractivity contribution in [3.05, 3.63) is 51.3 Å². The summed E-state index contributed by atoms with van der Waals surface area (Å²) in [5.74, 6) is -0.0165. The van der Waals surface area contributed by atoms with Crippen LogP contribution in [0.1, 0.15) is 40.7 Å². The van der Waals surface area contributed by atoms with Crippen molar-refractivity contribution in [2.24, 2.45) is 0 Å². The SMILES string of the molecule is CCc1ccc(C(=O)NCCCn2nc(C)c(Br)c2C)cc1. The van der Waals surface area contributed by atoms with Gasteiger partial charge in [-0.2, -0.15) is 5.10 Å². The molecule has 1 N–H and O–H groups in total. The van der Waals surface area contributed by atoms with Gasteiger partial charge in [0.05, 0.1) is 10.2 Å². The Labute approximate surface area is 140 Å². The van der Waals surface area contributed by atoms with E-state index in [0.717, 1.165) is 35.2 Å². The second-order valence-electron chi connectivity index (χ2n) is 5.37. The van der Waals surface area contributed by atoms with E-state index >= 15 is 0 Å². The first-order valence-corrected chi connectivity index (χ1v) is 8.39. The number of amides is 1. The number of rotatable bonds is 6. The van der Waals surface area contributed by atoms with Crippen LogP contribution < -0.4 is 5.32 Å². The third kappa shape index (κ3) is 3.97. The van der Waals surface area contributed by atoms with Crippen LogP contribution in [-0.4, -0.2) is 22.2 Å². The second kappa shape index (κ2) is 7.58. The largest absolute Gasteiger partial charge is 0.352 e. The molecule has 5 heteroatoms. The quantitative estimate of drug-likeness (QED) is 0.796. The van der Waals surface area contributed by atoms with Gasteiger partial charge in [-0.15, -0.1) is 0 Å². The van der Waals surface area contributed by atoms with Crippen molar-refractivity contribution < 1.29 is 4.79 Å². The molecule has 0 unspecified atom stereocenters. The Bertz CT molecular complexity index is 647. The molecule has 4 nitrogen and oxygen atoms in total. The van der Waals surface area contributed by atoms with E-state index in [2.05, 4.69) is 33.3 Å². The summed E-state index contributed by atoms with van der Waals surface area (Å²) < 4.78 is 3.04. The lowest BCUT2D eigenvalue weighted by atomic mass is 10.1. The summed E-state index contributed by atoms with van der Waals surface area (Å²) in [6, 6.07) is 7.77. The molecule has 1 heterocycles. The topological polar surface area (TPSA) is 46.9 Å². The van der Waals surface area contributed by atoms with Crippen molar-refractivity contribution >= 4 is 21.8 Å². The number of nitrogens with one attached hydrogen (secondary N) is 1. The maximum Gasteiger partial charge on any atom is 0.251 e. The van der Waals surface area contributed by atoms with E-state index in [1.165, 1.54) is 5.56 Å². The number of hydrogen-bond donors (Lipinski definition) is 1. The minimum atomic E-state index is -0.0165. The van der Waals surface area contributed by atoms with Crippen molar-refractivity contribution in [3.8, 4) is 0 Å². The lowest BCUT2D eigenvalue weighted by Gasteiger charge is -2.07. The summed E-state index contributed by atoms with van der Waals surface area (Å²) in [7, 11) is 0. The van der Waals surface area contributed by atoms with Crippen LogP contribution in [0.5, 0.6) is 0 Å². The molecule has 0 saturated heterocycles. The number of nitrogens with zero attached hydrogens (tertiary/aromatic N) is 2. The molecular formula is C17H22BrN3O. The Balaban J connectivity index is 1.80. The van der Waals surface area contributed by atoms with Gasteiger partial charge in [-0.3, -0.25) is 9.48 Å². The minimum absolute atomic E-state index is 0.0165. The molecular weight excluding hydrogens is 342 g/mol. The number of benzene rings is 1. The first-order chi connectivity index (χ1) is 10.5.